The van der Waals surface area contributed by atoms with Crippen molar-refractivity contribution in [1.82, 2.24) is 0 Å². The van der Waals surface area contributed by atoms with E-state index < -0.39 is 17.4 Å². The third-order valence-electron chi connectivity index (χ3n) is 3.62. The molecule has 0 spiro atoms. The average molecular weight is 434 g/mol. The van der Waals surface area contributed by atoms with E-state index in [1.807, 2.05) is 27.7 Å². The average Bonchev–Trinajstić information content (AvgIpc) is 3.12. The van der Waals surface area contributed by atoms with Crippen molar-refractivity contribution < 1.29 is 75.4 Å². The van der Waals surface area contributed by atoms with Crippen molar-refractivity contribution in [2.45, 2.75) is 53.9 Å². The van der Waals surface area contributed by atoms with Gasteiger partial charge in [-0.2, -0.15) is 0 Å². The number of rotatable bonds is 7. The van der Waals surface area contributed by atoms with Gasteiger partial charge in [0.05, 0.1) is 10.8 Å². The van der Waals surface area contributed by atoms with Gasteiger partial charge < -0.3 is 25.0 Å². The van der Waals surface area contributed by atoms with Crippen LogP contribution in [0.15, 0.2) is 12.1 Å². The van der Waals surface area contributed by atoms with Crippen LogP contribution >= 0.6 is 0 Å². The molecule has 1 aromatic carbocycles. The molecule has 1 N–H and O–H groups in total. The van der Waals surface area contributed by atoms with Crippen LogP contribution in [0, 0.1) is 10.1 Å². The van der Waals surface area contributed by atoms with Gasteiger partial charge in [0.25, 0.3) is 5.69 Å². The number of ether oxygens (including phenoxy) is 1. The molecule has 0 saturated heterocycles. The van der Waals surface area contributed by atoms with E-state index >= 15 is 0 Å². The van der Waals surface area contributed by atoms with Gasteiger partial charge in [-0.3, -0.25) is 14.9 Å². The quantitative estimate of drug-likeness (QED) is 0.356. The molecule has 0 fully saturated rings. The molecule has 0 aliphatic carbocycles. The minimum Gasteiger partial charge on any atom is -0.665 e. The summed E-state index contributed by atoms with van der Waals surface area (Å²) < 4.78 is 5.22. The Morgan fingerprint density at radius 1 is 1.17 bits per heavy atom. The van der Waals surface area contributed by atoms with Gasteiger partial charge in [0, 0.05) is 31.0 Å². The van der Waals surface area contributed by atoms with E-state index in [1.54, 1.807) is 0 Å². The summed E-state index contributed by atoms with van der Waals surface area (Å²) >= 11 is 0. The number of amides is 2. The Morgan fingerprint density at radius 2 is 1.76 bits per heavy atom. The van der Waals surface area contributed by atoms with Crippen LogP contribution in [0.25, 0.3) is 5.73 Å². The maximum Gasteiger partial charge on any atom is 1.00 e. The third kappa shape index (κ3) is 8.91. The predicted octanol–water partition coefficient (Wildman–Crippen LogP) is 0.867. The molecule has 1 aliphatic rings. The Labute approximate surface area is 213 Å². The summed E-state index contributed by atoms with van der Waals surface area (Å²) in [5.74, 6) is -1.18. The standard InChI is InChI=1S/C15H17N3O6.2C2H6.K/c1-9(19)2-5-14(21)17-7-6-10-12(24-8-13(16)20)4-3-11(15(10)17)18(22)23;2*1-2;/h3-4H,2,5-8H2,1H3,(H2,16,20);2*1-2H3;/q;;;+1/p-1. The van der Waals surface area contributed by atoms with Crippen molar-refractivity contribution >= 4 is 29.0 Å². The van der Waals surface area contributed by atoms with Gasteiger partial charge in [-0.15, -0.1) is 0 Å². The van der Waals surface area contributed by atoms with Gasteiger partial charge in [-0.25, -0.2) is 0 Å². The van der Waals surface area contributed by atoms with E-state index in [0.717, 1.165) is 0 Å². The number of nitro groups is 1. The van der Waals surface area contributed by atoms with Crippen LogP contribution in [0.3, 0.4) is 0 Å². The van der Waals surface area contributed by atoms with E-state index in [9.17, 15) is 24.5 Å². The molecular formula is C19H28KN3O6. The number of hydrogen-bond donors (Lipinski definition) is 0. The fourth-order valence-corrected chi connectivity index (χ4v) is 2.58. The van der Waals surface area contributed by atoms with Gasteiger partial charge in [-0.1, -0.05) is 27.7 Å². The summed E-state index contributed by atoms with van der Waals surface area (Å²) in [6.07, 6.45) is 0.383. The molecule has 0 unspecified atom stereocenters. The molecule has 1 aromatic rings. The zero-order chi connectivity index (χ0) is 21.9. The normalized spacial score (nSPS) is 10.9. The third-order valence-corrected chi connectivity index (χ3v) is 3.62. The Hall–Kier alpha value is -1.33. The van der Waals surface area contributed by atoms with Gasteiger partial charge in [0.1, 0.15) is 23.8 Å². The maximum atomic E-state index is 12.3. The van der Waals surface area contributed by atoms with Crippen LogP contribution in [0.2, 0.25) is 0 Å². The van der Waals surface area contributed by atoms with Crippen molar-refractivity contribution in [1.29, 1.82) is 0 Å². The number of Topliss-reactive ketones (excluding diaryl/α,β-unsaturated/α-hetero) is 1. The molecule has 156 valence electrons. The number of benzene rings is 1. The van der Waals surface area contributed by atoms with Crippen molar-refractivity contribution in [2.75, 3.05) is 18.1 Å². The fraction of sp³-hybridized carbons (Fsp3) is 0.526. The molecule has 0 saturated carbocycles. The Bertz CT molecular complexity index is 724. The summed E-state index contributed by atoms with van der Waals surface area (Å²) in [7, 11) is 0. The summed E-state index contributed by atoms with van der Waals surface area (Å²) in [4.78, 5) is 46.0. The van der Waals surface area contributed by atoms with Gasteiger partial charge in [0.15, 0.2) is 0 Å². The molecule has 0 atom stereocenters. The molecule has 2 amide bonds. The van der Waals surface area contributed by atoms with Crippen LogP contribution in [-0.2, 0) is 20.8 Å². The molecule has 29 heavy (non-hydrogen) atoms. The van der Waals surface area contributed by atoms with Crippen LogP contribution in [-0.4, -0.2) is 35.7 Å². The van der Waals surface area contributed by atoms with Crippen LogP contribution < -0.4 is 61.0 Å². The number of nitrogens with one attached hydrogen (secondary N) is 1. The first-order valence-corrected chi connectivity index (χ1v) is 9.28. The van der Waals surface area contributed by atoms with Crippen molar-refractivity contribution in [2.24, 2.45) is 0 Å². The molecule has 2 rings (SSSR count). The summed E-state index contributed by atoms with van der Waals surface area (Å²) in [5.41, 5.74) is 7.24. The number of ketones is 1. The smallest absolute Gasteiger partial charge is 0.665 e. The minimum absolute atomic E-state index is 0. The van der Waals surface area contributed by atoms with Gasteiger partial charge in [-0.05, 0) is 19.4 Å². The van der Waals surface area contributed by atoms with Crippen molar-refractivity contribution in [3.05, 3.63) is 33.5 Å². The number of nitrogens with zero attached hydrogens (tertiary/aromatic N) is 2. The van der Waals surface area contributed by atoms with E-state index in [0.29, 0.717) is 12.0 Å². The van der Waals surface area contributed by atoms with E-state index in [-0.39, 0.29) is 99.6 Å². The van der Waals surface area contributed by atoms with E-state index in [4.69, 9.17) is 10.5 Å². The second kappa shape index (κ2) is 15.5. The van der Waals surface area contributed by atoms with Crippen LogP contribution in [0.1, 0.15) is 53.0 Å². The Morgan fingerprint density at radius 3 is 2.24 bits per heavy atom. The first kappa shape index (κ1) is 29.9. The van der Waals surface area contributed by atoms with Crippen LogP contribution in [0.4, 0.5) is 11.4 Å². The number of carbonyl (C=O) groups excluding carboxylic acids is 3. The summed E-state index contributed by atoms with van der Waals surface area (Å²) in [6, 6.07) is 2.57. The number of hydrogen-bond acceptors (Lipinski definition) is 6. The number of fused-ring (bicyclic) bond motifs is 1. The Kier molecular flexibility index (Phi) is 16.0. The number of carbonyl (C=O) groups is 3. The van der Waals surface area contributed by atoms with Gasteiger partial charge >= 0.3 is 51.4 Å². The molecule has 9 nitrogen and oxygen atoms in total. The number of nitro benzene ring substituents is 1. The molecule has 0 aromatic heterocycles. The second-order valence-electron chi connectivity index (χ2n) is 5.38. The predicted molar refractivity (Wildman–Crippen MR) is 107 cm³/mol. The van der Waals surface area contributed by atoms with Crippen molar-refractivity contribution in [3.63, 3.8) is 0 Å². The zero-order valence-corrected chi connectivity index (χ0v) is 21.2. The topological polar surface area (TPSA) is 131 Å². The minimum atomic E-state index is -0.922. The molecule has 1 heterocycles. The zero-order valence-electron chi connectivity index (χ0n) is 18.0. The monoisotopic (exact) mass is 433 g/mol. The maximum absolute atomic E-state index is 12.3. The number of anilines is 1. The largest absolute Gasteiger partial charge is 1.00 e. The SMILES string of the molecule is CC.CC.CC(=O)CCC(=O)N1CCc2c(OCC([NH-])=O)ccc([N+](=O)[O-])c21.[K+]. The van der Waals surface area contributed by atoms with E-state index in [2.05, 4.69) is 0 Å². The summed E-state index contributed by atoms with van der Waals surface area (Å²) in [6.45, 7) is 9.14. The molecule has 10 heteroatoms. The fourth-order valence-electron chi connectivity index (χ4n) is 2.58. The first-order valence-electron chi connectivity index (χ1n) is 9.28. The van der Waals surface area contributed by atoms with Crippen LogP contribution in [0.5, 0.6) is 5.75 Å². The van der Waals surface area contributed by atoms with E-state index in [1.165, 1.54) is 24.0 Å². The Balaban J connectivity index is 0. The molecule has 0 bridgehead atoms. The van der Waals surface area contributed by atoms with Crippen molar-refractivity contribution in [3.8, 4) is 5.75 Å². The molecular weight excluding hydrogens is 405 g/mol. The first-order chi connectivity index (χ1) is 13.3. The second-order valence-corrected chi connectivity index (χ2v) is 5.38. The molecule has 0 radical (unpaired) electrons. The van der Waals surface area contributed by atoms with Gasteiger partial charge in [0.2, 0.25) is 5.91 Å². The molecule has 1 aliphatic heterocycles. The summed E-state index contributed by atoms with van der Waals surface area (Å²) in [5, 5.41) is 11.3.